The number of thioether (sulfide) groups is 1. The van der Waals surface area contributed by atoms with E-state index in [0.29, 0.717) is 6.10 Å². The summed E-state index contributed by atoms with van der Waals surface area (Å²) in [4.78, 5) is 4.39. The first-order chi connectivity index (χ1) is 12.2. The lowest BCUT2D eigenvalue weighted by Gasteiger charge is -2.36. The highest BCUT2D eigenvalue weighted by atomic mass is 127. The number of nitrogens with zero attached hydrogens (tertiary/aromatic N) is 1. The highest BCUT2D eigenvalue weighted by Gasteiger charge is 2.32. The molecule has 0 spiro atoms. The van der Waals surface area contributed by atoms with E-state index in [-0.39, 0.29) is 28.7 Å². The van der Waals surface area contributed by atoms with Gasteiger partial charge in [-0.15, -0.1) is 24.0 Å². The quantitative estimate of drug-likeness (QED) is 0.288. The molecule has 26 heavy (non-hydrogen) atoms. The van der Waals surface area contributed by atoms with Gasteiger partial charge >= 0.3 is 0 Å². The minimum Gasteiger partial charge on any atom is -0.381 e. The lowest BCUT2D eigenvalue weighted by molar-refractivity contribution is 0.0169. The predicted molar refractivity (Wildman–Crippen MR) is 123 cm³/mol. The van der Waals surface area contributed by atoms with Gasteiger partial charge in [-0.05, 0) is 51.2 Å². The smallest absolute Gasteiger partial charge is 0.191 e. The Kier molecular flexibility index (Phi) is 12.6. The molecule has 2 N–H and O–H groups in total. The van der Waals surface area contributed by atoms with E-state index in [4.69, 9.17) is 9.47 Å². The molecule has 154 valence electrons. The molecule has 1 unspecified atom stereocenters. The van der Waals surface area contributed by atoms with Crippen LogP contribution in [-0.4, -0.2) is 63.0 Å². The molecule has 0 bridgehead atoms. The SMILES string of the molecule is CCOC(CCNC(=NC)NCC1(SC)CCOCC1)C1CCCC1.I. The average Bonchev–Trinajstić information content (AvgIpc) is 3.19. The minimum atomic E-state index is 0. The van der Waals surface area contributed by atoms with Crippen molar-refractivity contribution in [3.8, 4) is 0 Å². The summed E-state index contributed by atoms with van der Waals surface area (Å²) in [7, 11) is 1.85. The minimum absolute atomic E-state index is 0. The van der Waals surface area contributed by atoms with Crippen LogP contribution in [0.2, 0.25) is 0 Å². The van der Waals surface area contributed by atoms with E-state index in [1.807, 2.05) is 18.8 Å². The number of guanidine groups is 1. The van der Waals surface area contributed by atoms with E-state index in [1.165, 1.54) is 25.7 Å². The van der Waals surface area contributed by atoms with Crippen molar-refractivity contribution in [2.45, 2.75) is 62.7 Å². The third-order valence-electron chi connectivity index (χ3n) is 5.67. The van der Waals surface area contributed by atoms with E-state index in [1.54, 1.807) is 0 Å². The van der Waals surface area contributed by atoms with Crippen molar-refractivity contribution in [1.29, 1.82) is 0 Å². The zero-order chi connectivity index (χ0) is 18.0. The van der Waals surface area contributed by atoms with Crippen molar-refractivity contribution >= 4 is 41.7 Å². The van der Waals surface area contributed by atoms with Gasteiger partial charge in [0, 0.05) is 44.7 Å². The van der Waals surface area contributed by atoms with Crippen molar-refractivity contribution in [2.24, 2.45) is 10.9 Å². The summed E-state index contributed by atoms with van der Waals surface area (Å²) in [5, 5.41) is 7.01. The van der Waals surface area contributed by atoms with Gasteiger partial charge in [-0.3, -0.25) is 4.99 Å². The van der Waals surface area contributed by atoms with Crippen LogP contribution in [0.5, 0.6) is 0 Å². The Hall–Kier alpha value is 0.270. The summed E-state index contributed by atoms with van der Waals surface area (Å²) >= 11 is 1.95. The van der Waals surface area contributed by atoms with Gasteiger partial charge in [-0.25, -0.2) is 0 Å². The molecule has 5 nitrogen and oxygen atoms in total. The summed E-state index contributed by atoms with van der Waals surface area (Å²) in [5.41, 5.74) is 0. The second-order valence-electron chi connectivity index (χ2n) is 7.18. The van der Waals surface area contributed by atoms with Crippen LogP contribution in [0.15, 0.2) is 4.99 Å². The summed E-state index contributed by atoms with van der Waals surface area (Å²) in [6.07, 6.45) is 11.3. The third kappa shape index (κ3) is 7.72. The van der Waals surface area contributed by atoms with E-state index >= 15 is 0 Å². The van der Waals surface area contributed by atoms with E-state index < -0.39 is 0 Å². The molecule has 2 fully saturated rings. The summed E-state index contributed by atoms with van der Waals surface area (Å²) in [6, 6.07) is 0. The normalized spacial score (nSPS) is 21.9. The lowest BCUT2D eigenvalue weighted by Crippen LogP contribution is -2.48. The number of halogens is 1. The fourth-order valence-corrected chi connectivity index (χ4v) is 4.78. The molecule has 0 radical (unpaired) electrons. The topological polar surface area (TPSA) is 54.9 Å². The maximum atomic E-state index is 6.01. The molecule has 1 saturated heterocycles. The fourth-order valence-electron chi connectivity index (χ4n) is 3.99. The van der Waals surface area contributed by atoms with Crippen molar-refractivity contribution in [2.75, 3.05) is 46.2 Å². The molecular weight excluding hydrogens is 461 g/mol. The van der Waals surface area contributed by atoms with Crippen LogP contribution >= 0.6 is 35.7 Å². The van der Waals surface area contributed by atoms with Crippen LogP contribution in [0.1, 0.15) is 51.9 Å². The van der Waals surface area contributed by atoms with Crippen LogP contribution in [0, 0.1) is 5.92 Å². The molecule has 1 aliphatic heterocycles. The molecule has 1 atom stereocenters. The van der Waals surface area contributed by atoms with Crippen molar-refractivity contribution < 1.29 is 9.47 Å². The van der Waals surface area contributed by atoms with Gasteiger partial charge in [0.1, 0.15) is 0 Å². The van der Waals surface area contributed by atoms with Gasteiger partial charge in [0.05, 0.1) is 6.10 Å². The zero-order valence-electron chi connectivity index (χ0n) is 16.7. The van der Waals surface area contributed by atoms with Crippen LogP contribution < -0.4 is 10.6 Å². The molecule has 1 saturated carbocycles. The molecule has 0 aromatic rings. The predicted octanol–water partition coefficient (Wildman–Crippen LogP) is 3.67. The van der Waals surface area contributed by atoms with Crippen molar-refractivity contribution in [3.63, 3.8) is 0 Å². The Morgan fingerprint density at radius 2 is 1.96 bits per heavy atom. The number of aliphatic imine (C=N–C) groups is 1. The Morgan fingerprint density at radius 3 is 2.54 bits per heavy atom. The largest absolute Gasteiger partial charge is 0.381 e. The standard InChI is InChI=1S/C19H37N3O2S.HI/c1-4-24-17(16-7-5-6-8-16)9-12-21-18(20-2)22-15-19(25-3)10-13-23-14-11-19;/h16-17H,4-15H2,1-3H3,(H2,20,21,22);1H. The van der Waals surface area contributed by atoms with E-state index in [0.717, 1.165) is 64.1 Å². The van der Waals surface area contributed by atoms with Gasteiger partial charge in [-0.2, -0.15) is 11.8 Å². The molecular formula is C19H38IN3O2S. The first kappa shape index (κ1) is 24.3. The zero-order valence-corrected chi connectivity index (χ0v) is 19.9. The highest BCUT2D eigenvalue weighted by molar-refractivity contribution is 14.0. The highest BCUT2D eigenvalue weighted by Crippen LogP contribution is 2.33. The monoisotopic (exact) mass is 499 g/mol. The second kappa shape index (κ2) is 13.4. The number of rotatable bonds is 9. The van der Waals surface area contributed by atoms with E-state index in [9.17, 15) is 0 Å². The van der Waals surface area contributed by atoms with Gasteiger partial charge < -0.3 is 20.1 Å². The van der Waals surface area contributed by atoms with Crippen molar-refractivity contribution in [3.05, 3.63) is 0 Å². The Balaban J connectivity index is 0.00000338. The number of ether oxygens (including phenoxy) is 2. The molecule has 1 heterocycles. The van der Waals surface area contributed by atoms with Crippen LogP contribution in [0.4, 0.5) is 0 Å². The Labute approximate surface area is 181 Å². The van der Waals surface area contributed by atoms with Crippen LogP contribution in [0.25, 0.3) is 0 Å². The molecule has 1 aliphatic carbocycles. The number of nitrogens with one attached hydrogen (secondary N) is 2. The third-order valence-corrected chi connectivity index (χ3v) is 7.08. The molecule has 2 rings (SSSR count). The van der Waals surface area contributed by atoms with Gasteiger partial charge in [0.15, 0.2) is 5.96 Å². The summed E-state index contributed by atoms with van der Waals surface area (Å²) in [6.45, 7) is 6.50. The number of hydrogen-bond acceptors (Lipinski definition) is 4. The first-order valence-electron chi connectivity index (χ1n) is 9.92. The molecule has 2 aliphatic rings. The molecule has 0 aromatic carbocycles. The summed E-state index contributed by atoms with van der Waals surface area (Å²) < 4.78 is 11.8. The second-order valence-corrected chi connectivity index (χ2v) is 8.45. The molecule has 0 amide bonds. The number of hydrogen-bond donors (Lipinski definition) is 2. The van der Waals surface area contributed by atoms with Gasteiger partial charge in [0.2, 0.25) is 0 Å². The molecule has 0 aromatic heterocycles. The van der Waals surface area contributed by atoms with Crippen molar-refractivity contribution in [1.82, 2.24) is 10.6 Å². The lowest BCUT2D eigenvalue weighted by atomic mass is 9.98. The first-order valence-corrected chi connectivity index (χ1v) is 11.1. The Bertz CT molecular complexity index is 400. The Morgan fingerprint density at radius 1 is 1.27 bits per heavy atom. The molecule has 7 heteroatoms. The van der Waals surface area contributed by atoms with Crippen LogP contribution in [-0.2, 0) is 9.47 Å². The van der Waals surface area contributed by atoms with Crippen LogP contribution in [0.3, 0.4) is 0 Å². The average molecular weight is 500 g/mol. The maximum Gasteiger partial charge on any atom is 0.191 e. The maximum absolute atomic E-state index is 6.01. The van der Waals surface area contributed by atoms with Gasteiger partial charge in [-0.1, -0.05) is 12.8 Å². The fraction of sp³-hybridized carbons (Fsp3) is 0.947. The van der Waals surface area contributed by atoms with E-state index in [2.05, 4.69) is 28.8 Å². The summed E-state index contributed by atoms with van der Waals surface area (Å²) in [5.74, 6) is 1.65. The van der Waals surface area contributed by atoms with Gasteiger partial charge in [0.25, 0.3) is 0 Å².